The molecule has 2 atom stereocenters. The lowest BCUT2D eigenvalue weighted by Crippen LogP contribution is -2.31. The van der Waals surface area contributed by atoms with Crippen molar-refractivity contribution in [2.45, 2.75) is 32.1 Å². The van der Waals surface area contributed by atoms with Crippen LogP contribution in [-0.4, -0.2) is 37.6 Å². The number of hydrogen-bond donors (Lipinski definition) is 1. The molecule has 0 unspecified atom stereocenters. The lowest BCUT2D eigenvalue weighted by molar-refractivity contribution is 0.223. The number of hydrogen-bond acceptors (Lipinski definition) is 2. The fourth-order valence-electron chi connectivity index (χ4n) is 3.84. The minimum atomic E-state index is 0. The first-order valence-corrected chi connectivity index (χ1v) is 6.85. The Morgan fingerprint density at radius 3 is 2.19 bits per heavy atom. The van der Waals surface area contributed by atoms with Crippen LogP contribution in [0.25, 0.3) is 0 Å². The van der Waals surface area contributed by atoms with Crippen LogP contribution in [-0.2, 0) is 0 Å². The summed E-state index contributed by atoms with van der Waals surface area (Å²) in [4.78, 5) is 2.76. The number of fused-ring (bicyclic) bond motifs is 1. The molecule has 2 nitrogen and oxygen atoms in total. The molecule has 0 amide bonds. The summed E-state index contributed by atoms with van der Waals surface area (Å²) in [6, 6.07) is 0. The molecular formula is C13H25ClN2. The smallest absolute Gasteiger partial charge is 0.00257 e. The normalized spacial score (nSPS) is 36.0. The van der Waals surface area contributed by atoms with Crippen LogP contribution >= 0.6 is 12.4 Å². The minimum absolute atomic E-state index is 0. The van der Waals surface area contributed by atoms with E-state index in [2.05, 4.69) is 10.2 Å². The second-order valence-electron chi connectivity index (χ2n) is 5.90. The molecule has 1 saturated carbocycles. The summed E-state index contributed by atoms with van der Waals surface area (Å²) in [6.07, 6.45) is 7.49. The summed E-state index contributed by atoms with van der Waals surface area (Å²) in [5.41, 5.74) is 0. The zero-order valence-electron chi connectivity index (χ0n) is 10.2. The summed E-state index contributed by atoms with van der Waals surface area (Å²) in [5, 5.41) is 3.52. The maximum atomic E-state index is 3.52. The van der Waals surface area contributed by atoms with Gasteiger partial charge in [0.25, 0.3) is 0 Å². The number of nitrogens with one attached hydrogen (secondary N) is 1. The topological polar surface area (TPSA) is 15.3 Å². The molecule has 0 spiro atoms. The Bertz CT molecular complexity index is 204. The van der Waals surface area contributed by atoms with Crippen LogP contribution in [0.3, 0.4) is 0 Å². The van der Waals surface area contributed by atoms with Crippen LogP contribution in [0.1, 0.15) is 32.1 Å². The highest BCUT2D eigenvalue weighted by atomic mass is 35.5. The molecule has 16 heavy (non-hydrogen) atoms. The van der Waals surface area contributed by atoms with Crippen molar-refractivity contribution < 1.29 is 0 Å². The van der Waals surface area contributed by atoms with Crippen molar-refractivity contribution in [3.05, 3.63) is 0 Å². The van der Waals surface area contributed by atoms with E-state index in [1.807, 2.05) is 0 Å². The van der Waals surface area contributed by atoms with E-state index in [1.54, 1.807) is 0 Å². The van der Waals surface area contributed by atoms with Gasteiger partial charge in [-0.15, -0.1) is 12.4 Å². The molecule has 0 aromatic rings. The van der Waals surface area contributed by atoms with Crippen molar-refractivity contribution >= 4 is 12.4 Å². The predicted molar refractivity (Wildman–Crippen MR) is 70.1 cm³/mol. The Kier molecular flexibility index (Phi) is 4.51. The van der Waals surface area contributed by atoms with Gasteiger partial charge in [0.15, 0.2) is 0 Å². The largest absolute Gasteiger partial charge is 0.316 e. The van der Waals surface area contributed by atoms with E-state index in [-0.39, 0.29) is 12.4 Å². The quantitative estimate of drug-likeness (QED) is 0.801. The molecule has 3 aliphatic rings. The third kappa shape index (κ3) is 2.72. The van der Waals surface area contributed by atoms with Crippen molar-refractivity contribution in [2.75, 3.05) is 32.7 Å². The number of halogens is 1. The van der Waals surface area contributed by atoms with Gasteiger partial charge in [-0.25, -0.2) is 0 Å². The third-order valence-electron chi connectivity index (χ3n) is 4.71. The fraction of sp³-hybridized carbons (Fsp3) is 1.00. The Balaban J connectivity index is 0.000000963. The highest BCUT2D eigenvalue weighted by Gasteiger charge is 2.36. The van der Waals surface area contributed by atoms with E-state index in [0.717, 1.165) is 17.8 Å². The lowest BCUT2D eigenvalue weighted by atomic mass is 9.89. The van der Waals surface area contributed by atoms with E-state index >= 15 is 0 Å². The van der Waals surface area contributed by atoms with Gasteiger partial charge >= 0.3 is 0 Å². The molecule has 1 N–H and O–H groups in total. The van der Waals surface area contributed by atoms with Gasteiger partial charge in [0.1, 0.15) is 0 Å². The van der Waals surface area contributed by atoms with Crippen LogP contribution in [0.15, 0.2) is 0 Å². The maximum absolute atomic E-state index is 3.52. The highest BCUT2D eigenvalue weighted by Crippen LogP contribution is 2.30. The van der Waals surface area contributed by atoms with Gasteiger partial charge in [0.05, 0.1) is 0 Å². The molecule has 3 heteroatoms. The average Bonchev–Trinajstić information content (AvgIpc) is 2.79. The molecule has 0 bridgehead atoms. The monoisotopic (exact) mass is 244 g/mol. The fourth-order valence-corrected chi connectivity index (χ4v) is 3.84. The van der Waals surface area contributed by atoms with Crippen molar-refractivity contribution in [1.29, 1.82) is 0 Å². The number of nitrogens with zero attached hydrogens (tertiary/aromatic N) is 1. The summed E-state index contributed by atoms with van der Waals surface area (Å²) in [7, 11) is 0. The first kappa shape index (κ1) is 12.7. The van der Waals surface area contributed by atoms with Crippen LogP contribution in [0, 0.1) is 17.8 Å². The molecule has 0 aromatic carbocycles. The van der Waals surface area contributed by atoms with Crippen molar-refractivity contribution in [1.82, 2.24) is 10.2 Å². The predicted octanol–water partition coefficient (Wildman–Crippen LogP) is 2.14. The maximum Gasteiger partial charge on any atom is 0.00257 e. The first-order valence-electron chi connectivity index (χ1n) is 6.85. The van der Waals surface area contributed by atoms with Crippen LogP contribution in [0.2, 0.25) is 0 Å². The van der Waals surface area contributed by atoms with Crippen molar-refractivity contribution in [2.24, 2.45) is 17.8 Å². The summed E-state index contributed by atoms with van der Waals surface area (Å²) < 4.78 is 0. The van der Waals surface area contributed by atoms with Gasteiger partial charge in [-0.2, -0.15) is 0 Å². The molecule has 1 aliphatic carbocycles. The van der Waals surface area contributed by atoms with E-state index < -0.39 is 0 Å². The summed E-state index contributed by atoms with van der Waals surface area (Å²) in [6.45, 7) is 6.74. The average molecular weight is 245 g/mol. The summed E-state index contributed by atoms with van der Waals surface area (Å²) in [5.74, 6) is 2.99. The Hall–Kier alpha value is 0.210. The van der Waals surface area contributed by atoms with E-state index in [4.69, 9.17) is 0 Å². The lowest BCUT2D eigenvalue weighted by Gasteiger charge is -2.27. The van der Waals surface area contributed by atoms with Gasteiger partial charge in [0.2, 0.25) is 0 Å². The molecule has 3 rings (SSSR count). The molecule has 2 aliphatic heterocycles. The van der Waals surface area contributed by atoms with Gasteiger partial charge in [-0.3, -0.25) is 0 Å². The molecular weight excluding hydrogens is 220 g/mol. The van der Waals surface area contributed by atoms with Gasteiger partial charge in [-0.05, 0) is 43.7 Å². The van der Waals surface area contributed by atoms with Crippen molar-refractivity contribution in [3.8, 4) is 0 Å². The van der Waals surface area contributed by atoms with Crippen molar-refractivity contribution in [3.63, 3.8) is 0 Å². The molecule has 2 saturated heterocycles. The summed E-state index contributed by atoms with van der Waals surface area (Å²) >= 11 is 0. The molecule has 2 heterocycles. The zero-order valence-corrected chi connectivity index (χ0v) is 11.0. The second-order valence-corrected chi connectivity index (χ2v) is 5.90. The molecule has 94 valence electrons. The number of rotatable bonds is 2. The van der Waals surface area contributed by atoms with E-state index in [9.17, 15) is 0 Å². The van der Waals surface area contributed by atoms with Gasteiger partial charge in [-0.1, -0.05) is 19.3 Å². The first-order chi connectivity index (χ1) is 7.42. The van der Waals surface area contributed by atoms with E-state index in [1.165, 1.54) is 64.8 Å². The highest BCUT2D eigenvalue weighted by molar-refractivity contribution is 5.85. The Morgan fingerprint density at radius 1 is 0.938 bits per heavy atom. The van der Waals surface area contributed by atoms with Gasteiger partial charge in [0, 0.05) is 19.6 Å². The molecule has 0 aromatic heterocycles. The number of likely N-dealkylation sites (tertiary alicyclic amines) is 1. The van der Waals surface area contributed by atoms with Gasteiger partial charge < -0.3 is 10.2 Å². The van der Waals surface area contributed by atoms with Crippen LogP contribution in [0.5, 0.6) is 0 Å². The van der Waals surface area contributed by atoms with Crippen LogP contribution in [0.4, 0.5) is 0 Å². The Labute approximate surface area is 106 Å². The SMILES string of the molecule is C1CCC(CN2C[C@H]3CNC[C@H]3C2)CC1.Cl. The zero-order chi connectivity index (χ0) is 10.1. The van der Waals surface area contributed by atoms with E-state index in [0.29, 0.717) is 0 Å². The molecule has 3 fully saturated rings. The standard InChI is InChI=1S/C13H24N2.ClH/c1-2-4-11(5-3-1)8-15-9-12-6-14-7-13(12)10-15;/h11-14H,1-10H2;1H/t12-,13+;. The van der Waals surface area contributed by atoms with Crippen LogP contribution < -0.4 is 5.32 Å². The minimum Gasteiger partial charge on any atom is -0.316 e. The third-order valence-corrected chi connectivity index (χ3v) is 4.71. The molecule has 0 radical (unpaired) electrons. The second kappa shape index (κ2) is 5.70. The Morgan fingerprint density at radius 2 is 1.56 bits per heavy atom.